The normalized spacial score (nSPS) is 26.5. The molecule has 1 aliphatic carbocycles. The molecule has 1 aromatic carbocycles. The summed E-state index contributed by atoms with van der Waals surface area (Å²) in [5, 5.41) is -0.115. The lowest BCUT2D eigenvalue weighted by atomic mass is 10.1. The van der Waals surface area contributed by atoms with E-state index in [1.807, 2.05) is 0 Å². The second-order valence-electron chi connectivity index (χ2n) is 4.07. The first-order chi connectivity index (χ1) is 7.00. The van der Waals surface area contributed by atoms with Crippen LogP contribution >= 0.6 is 23.2 Å². The standard InChI is InChI=1S/C11H10Cl2F2/c1-5-2-6(5)11(13)7-3-9(14)10(15)4-8(7)12/h3-6,11H,2H2,1H3. The third-order valence-electron chi connectivity index (χ3n) is 2.88. The molecule has 0 nitrogen and oxygen atoms in total. The third kappa shape index (κ3) is 2.11. The van der Waals surface area contributed by atoms with Crippen molar-refractivity contribution in [2.45, 2.75) is 18.7 Å². The van der Waals surface area contributed by atoms with Crippen molar-refractivity contribution < 1.29 is 8.78 Å². The molecule has 0 saturated heterocycles. The smallest absolute Gasteiger partial charge is 0.160 e. The summed E-state index contributed by atoms with van der Waals surface area (Å²) in [7, 11) is 0. The first-order valence-corrected chi connectivity index (χ1v) is 5.60. The molecule has 0 bridgehead atoms. The number of hydrogen-bond acceptors (Lipinski definition) is 0. The van der Waals surface area contributed by atoms with E-state index < -0.39 is 11.6 Å². The maximum Gasteiger partial charge on any atom is 0.160 e. The highest BCUT2D eigenvalue weighted by Gasteiger charge is 2.40. The summed E-state index contributed by atoms with van der Waals surface area (Å²) in [6.07, 6.45) is 1.02. The van der Waals surface area contributed by atoms with Crippen molar-refractivity contribution in [1.82, 2.24) is 0 Å². The second kappa shape index (κ2) is 3.91. The Balaban J connectivity index is 2.31. The molecule has 4 heteroatoms. The zero-order valence-corrected chi connectivity index (χ0v) is 9.62. The lowest BCUT2D eigenvalue weighted by Crippen LogP contribution is -1.98. The predicted octanol–water partition coefficient (Wildman–Crippen LogP) is 4.55. The maximum atomic E-state index is 13.0. The molecule has 3 unspecified atom stereocenters. The second-order valence-corrected chi connectivity index (χ2v) is 4.94. The monoisotopic (exact) mass is 250 g/mol. The van der Waals surface area contributed by atoms with E-state index in [9.17, 15) is 8.78 Å². The molecule has 0 aliphatic heterocycles. The summed E-state index contributed by atoms with van der Waals surface area (Å²) in [5.41, 5.74) is 0.492. The van der Waals surface area contributed by atoms with Crippen LogP contribution in [0.25, 0.3) is 0 Å². The quantitative estimate of drug-likeness (QED) is 0.534. The number of benzene rings is 1. The van der Waals surface area contributed by atoms with Gasteiger partial charge in [0.05, 0.1) is 5.38 Å². The van der Waals surface area contributed by atoms with Crippen molar-refractivity contribution in [1.29, 1.82) is 0 Å². The Bertz CT molecular complexity index is 392. The van der Waals surface area contributed by atoms with Crippen LogP contribution in [0.1, 0.15) is 24.3 Å². The number of rotatable bonds is 2. The van der Waals surface area contributed by atoms with Gasteiger partial charge in [0.1, 0.15) is 0 Å². The molecule has 82 valence electrons. The summed E-state index contributed by atoms with van der Waals surface area (Å²) < 4.78 is 25.8. The molecule has 1 aliphatic rings. The molecule has 0 aromatic heterocycles. The van der Waals surface area contributed by atoms with Crippen molar-refractivity contribution in [3.63, 3.8) is 0 Å². The van der Waals surface area contributed by atoms with Crippen LogP contribution in [0.4, 0.5) is 8.78 Å². The molecule has 0 heterocycles. The van der Waals surface area contributed by atoms with Crippen LogP contribution in [0, 0.1) is 23.5 Å². The van der Waals surface area contributed by atoms with Crippen LogP contribution in [0.2, 0.25) is 5.02 Å². The van der Waals surface area contributed by atoms with Crippen LogP contribution in [0.3, 0.4) is 0 Å². The highest BCUT2D eigenvalue weighted by atomic mass is 35.5. The van der Waals surface area contributed by atoms with Gasteiger partial charge in [0.15, 0.2) is 11.6 Å². The van der Waals surface area contributed by atoms with Gasteiger partial charge in [-0.05, 0) is 36.0 Å². The Morgan fingerprint density at radius 2 is 1.87 bits per heavy atom. The average Bonchev–Trinajstić information content (AvgIpc) is 2.88. The van der Waals surface area contributed by atoms with Crippen molar-refractivity contribution >= 4 is 23.2 Å². The van der Waals surface area contributed by atoms with Gasteiger partial charge in [-0.2, -0.15) is 0 Å². The Hall–Kier alpha value is -0.340. The molecule has 0 radical (unpaired) electrons. The number of alkyl halides is 1. The van der Waals surface area contributed by atoms with Gasteiger partial charge in [-0.1, -0.05) is 18.5 Å². The van der Waals surface area contributed by atoms with Crippen LogP contribution in [0.15, 0.2) is 12.1 Å². The Labute approximate surface area is 97.2 Å². The van der Waals surface area contributed by atoms with E-state index in [4.69, 9.17) is 23.2 Å². The summed E-state index contributed by atoms with van der Waals surface area (Å²) in [5.74, 6) is -0.962. The van der Waals surface area contributed by atoms with E-state index >= 15 is 0 Å². The first kappa shape index (κ1) is 11.2. The predicted molar refractivity (Wildman–Crippen MR) is 57.2 cm³/mol. The molecule has 0 spiro atoms. The van der Waals surface area contributed by atoms with Gasteiger partial charge in [-0.25, -0.2) is 8.78 Å². The van der Waals surface area contributed by atoms with Crippen molar-refractivity contribution in [3.8, 4) is 0 Å². The summed E-state index contributed by atoms with van der Waals surface area (Å²) in [6.45, 7) is 2.08. The minimum absolute atomic E-state index is 0.202. The summed E-state index contributed by atoms with van der Waals surface area (Å²) >= 11 is 12.0. The fourth-order valence-electron chi connectivity index (χ4n) is 1.74. The first-order valence-electron chi connectivity index (χ1n) is 4.79. The van der Waals surface area contributed by atoms with E-state index in [0.29, 0.717) is 17.4 Å². The maximum absolute atomic E-state index is 13.0. The van der Waals surface area contributed by atoms with Crippen LogP contribution < -0.4 is 0 Å². The highest BCUT2D eigenvalue weighted by Crippen LogP contribution is 2.51. The minimum atomic E-state index is -0.934. The van der Waals surface area contributed by atoms with Crippen LogP contribution in [-0.4, -0.2) is 0 Å². The average molecular weight is 251 g/mol. The molecular weight excluding hydrogens is 241 g/mol. The molecule has 0 N–H and O–H groups in total. The largest absolute Gasteiger partial charge is 0.204 e. The SMILES string of the molecule is CC1CC1C(Cl)c1cc(F)c(F)cc1Cl. The Kier molecular flexibility index (Phi) is 2.91. The van der Waals surface area contributed by atoms with Gasteiger partial charge >= 0.3 is 0 Å². The van der Waals surface area contributed by atoms with E-state index in [2.05, 4.69) is 6.92 Å². The van der Waals surface area contributed by atoms with Gasteiger partial charge < -0.3 is 0 Å². The number of hydrogen-bond donors (Lipinski definition) is 0. The number of halogens is 4. The van der Waals surface area contributed by atoms with Gasteiger partial charge in [0, 0.05) is 5.02 Å². The molecule has 1 aromatic rings. The Morgan fingerprint density at radius 3 is 2.40 bits per heavy atom. The molecule has 3 atom stereocenters. The van der Waals surface area contributed by atoms with E-state index in [-0.39, 0.29) is 10.4 Å². The fraction of sp³-hybridized carbons (Fsp3) is 0.455. The van der Waals surface area contributed by atoms with E-state index in [1.54, 1.807) is 0 Å². The van der Waals surface area contributed by atoms with Crippen molar-refractivity contribution in [2.24, 2.45) is 11.8 Å². The van der Waals surface area contributed by atoms with Crippen molar-refractivity contribution in [3.05, 3.63) is 34.4 Å². The van der Waals surface area contributed by atoms with E-state index in [0.717, 1.165) is 18.6 Å². The molecule has 2 rings (SSSR count). The lowest BCUT2D eigenvalue weighted by molar-refractivity contribution is 0.506. The molecule has 1 saturated carbocycles. The molecule has 0 amide bonds. The molecule has 15 heavy (non-hydrogen) atoms. The van der Waals surface area contributed by atoms with Gasteiger partial charge in [-0.3, -0.25) is 0 Å². The third-order valence-corrected chi connectivity index (χ3v) is 3.77. The zero-order valence-electron chi connectivity index (χ0n) is 8.11. The lowest BCUT2D eigenvalue weighted by Gasteiger charge is -2.11. The summed E-state index contributed by atoms with van der Waals surface area (Å²) in [4.78, 5) is 0. The molecule has 1 fully saturated rings. The van der Waals surface area contributed by atoms with Crippen molar-refractivity contribution in [2.75, 3.05) is 0 Å². The minimum Gasteiger partial charge on any atom is -0.204 e. The summed E-state index contributed by atoms with van der Waals surface area (Å²) in [6, 6.07) is 2.08. The van der Waals surface area contributed by atoms with Gasteiger partial charge in [0.25, 0.3) is 0 Å². The van der Waals surface area contributed by atoms with Gasteiger partial charge in [-0.15, -0.1) is 11.6 Å². The zero-order chi connectivity index (χ0) is 11.2. The van der Waals surface area contributed by atoms with E-state index in [1.165, 1.54) is 0 Å². The topological polar surface area (TPSA) is 0 Å². The highest BCUT2D eigenvalue weighted by molar-refractivity contribution is 6.32. The van der Waals surface area contributed by atoms with Crippen LogP contribution in [-0.2, 0) is 0 Å². The molecular formula is C11H10Cl2F2. The van der Waals surface area contributed by atoms with Gasteiger partial charge in [0.2, 0.25) is 0 Å². The fourth-order valence-corrected chi connectivity index (χ4v) is 2.59. The Morgan fingerprint density at radius 1 is 1.33 bits per heavy atom. The van der Waals surface area contributed by atoms with Crippen LogP contribution in [0.5, 0.6) is 0 Å².